The molecule has 2 aliphatic heterocycles. The number of piperazine rings is 1. The minimum Gasteiger partial charge on any atom is -0.293 e. The molecule has 0 aromatic rings. The molecular formula is C10H20N2. The first-order valence-corrected chi connectivity index (χ1v) is 5.12. The van der Waals surface area contributed by atoms with Gasteiger partial charge in [0.25, 0.3) is 0 Å². The quantitative estimate of drug-likeness (QED) is 0.611. The average Bonchev–Trinajstić information content (AvgIpc) is 1.92. The fraction of sp³-hybridized carbons (Fsp3) is 1.00. The molecule has 0 amide bonds. The predicted octanol–water partition coefficient (Wildman–Crippen LogP) is 1.17. The minimum atomic E-state index is 0.751. The van der Waals surface area contributed by atoms with E-state index in [0.717, 1.165) is 24.2 Å². The van der Waals surface area contributed by atoms with Gasteiger partial charge in [0.05, 0.1) is 0 Å². The van der Waals surface area contributed by atoms with Crippen LogP contribution in [0.1, 0.15) is 27.7 Å². The summed E-state index contributed by atoms with van der Waals surface area (Å²) in [5.41, 5.74) is 0. The van der Waals surface area contributed by atoms with Gasteiger partial charge < -0.3 is 0 Å². The second kappa shape index (κ2) is 2.71. The van der Waals surface area contributed by atoms with Crippen molar-refractivity contribution in [1.29, 1.82) is 0 Å². The Balaban J connectivity index is 1.85. The van der Waals surface area contributed by atoms with E-state index in [-0.39, 0.29) is 0 Å². The van der Waals surface area contributed by atoms with Crippen LogP contribution in [0.2, 0.25) is 0 Å². The molecule has 2 saturated heterocycles. The molecule has 0 aromatic heterocycles. The highest BCUT2D eigenvalue weighted by Crippen LogP contribution is 2.35. The maximum Gasteiger partial charge on any atom is 0.0394 e. The molecule has 0 aliphatic carbocycles. The summed E-state index contributed by atoms with van der Waals surface area (Å²) in [6.45, 7) is 11.8. The van der Waals surface area contributed by atoms with Crippen molar-refractivity contribution in [3.05, 3.63) is 0 Å². The van der Waals surface area contributed by atoms with Crippen molar-refractivity contribution in [1.82, 2.24) is 9.80 Å². The van der Waals surface area contributed by atoms with Gasteiger partial charge in [0.2, 0.25) is 0 Å². The Hall–Kier alpha value is -0.0800. The van der Waals surface area contributed by atoms with Crippen molar-refractivity contribution in [3.63, 3.8) is 0 Å². The van der Waals surface area contributed by atoms with Gasteiger partial charge >= 0.3 is 0 Å². The van der Waals surface area contributed by atoms with Crippen molar-refractivity contribution < 1.29 is 0 Å². The van der Waals surface area contributed by atoms with Crippen molar-refractivity contribution in [2.45, 2.75) is 51.9 Å². The van der Waals surface area contributed by atoms with Gasteiger partial charge in [-0.05, 0) is 27.7 Å². The van der Waals surface area contributed by atoms with E-state index in [9.17, 15) is 0 Å². The number of fused-ring (bicyclic) bond motifs is 1. The van der Waals surface area contributed by atoms with E-state index in [2.05, 4.69) is 37.5 Å². The molecule has 2 heterocycles. The first kappa shape index (κ1) is 8.52. The zero-order valence-electron chi connectivity index (χ0n) is 8.62. The third-order valence-electron chi connectivity index (χ3n) is 3.42. The van der Waals surface area contributed by atoms with Gasteiger partial charge in [0, 0.05) is 37.3 Å². The van der Waals surface area contributed by atoms with Crippen molar-refractivity contribution in [2.75, 3.05) is 13.1 Å². The fourth-order valence-electron chi connectivity index (χ4n) is 2.51. The van der Waals surface area contributed by atoms with Crippen LogP contribution in [0.4, 0.5) is 0 Å². The Morgan fingerprint density at radius 1 is 0.833 bits per heavy atom. The lowest BCUT2D eigenvalue weighted by atomic mass is 9.83. The largest absolute Gasteiger partial charge is 0.293 e. The number of likely N-dealkylation sites (tertiary alicyclic amines) is 2. The van der Waals surface area contributed by atoms with E-state index in [1.807, 2.05) is 0 Å². The molecule has 0 bridgehead atoms. The van der Waals surface area contributed by atoms with Crippen molar-refractivity contribution in [3.8, 4) is 0 Å². The summed E-state index contributed by atoms with van der Waals surface area (Å²) in [4.78, 5) is 5.23. The standard InChI is InChI=1S/C10H20N2/c1-7(2)11-5-10-9(11)6-12(10)8(3)4/h7-10H,5-6H2,1-4H3. The van der Waals surface area contributed by atoms with E-state index >= 15 is 0 Å². The third-order valence-corrected chi connectivity index (χ3v) is 3.42. The Morgan fingerprint density at radius 2 is 1.17 bits per heavy atom. The molecule has 2 fully saturated rings. The molecule has 70 valence electrons. The van der Waals surface area contributed by atoms with Crippen molar-refractivity contribution in [2.24, 2.45) is 0 Å². The number of nitrogens with zero attached hydrogens (tertiary/aromatic N) is 2. The lowest BCUT2D eigenvalue weighted by Crippen LogP contribution is -2.80. The fourth-order valence-corrected chi connectivity index (χ4v) is 2.51. The summed E-state index contributed by atoms with van der Waals surface area (Å²) in [6, 6.07) is 3.29. The molecule has 0 saturated carbocycles. The van der Waals surface area contributed by atoms with Gasteiger partial charge in [0.1, 0.15) is 0 Å². The second-order valence-corrected chi connectivity index (χ2v) is 4.72. The SMILES string of the molecule is CC(C)N1CC2C1CN2C(C)C. The summed E-state index contributed by atoms with van der Waals surface area (Å²) in [7, 11) is 0. The Bertz CT molecular complexity index is 157. The van der Waals surface area contributed by atoms with Crippen LogP contribution in [0.5, 0.6) is 0 Å². The summed E-state index contributed by atoms with van der Waals surface area (Å²) in [5.74, 6) is 0. The molecule has 2 heteroatoms. The summed E-state index contributed by atoms with van der Waals surface area (Å²) in [6.07, 6.45) is 0. The summed E-state index contributed by atoms with van der Waals surface area (Å²) in [5, 5.41) is 0. The molecule has 0 radical (unpaired) electrons. The van der Waals surface area contributed by atoms with Crippen molar-refractivity contribution >= 4 is 0 Å². The molecule has 2 aliphatic rings. The molecule has 2 unspecified atom stereocenters. The zero-order chi connectivity index (χ0) is 8.88. The minimum absolute atomic E-state index is 0.751. The topological polar surface area (TPSA) is 6.48 Å². The Labute approximate surface area is 75.5 Å². The average molecular weight is 168 g/mol. The van der Waals surface area contributed by atoms with Crippen LogP contribution in [0.3, 0.4) is 0 Å². The van der Waals surface area contributed by atoms with E-state index in [1.165, 1.54) is 13.1 Å². The highest BCUT2D eigenvalue weighted by Gasteiger charge is 2.52. The van der Waals surface area contributed by atoms with Crippen LogP contribution in [0.15, 0.2) is 0 Å². The number of rotatable bonds is 2. The molecule has 0 aromatic carbocycles. The van der Waals surface area contributed by atoms with E-state index in [4.69, 9.17) is 0 Å². The maximum atomic E-state index is 2.61. The molecule has 12 heavy (non-hydrogen) atoms. The first-order valence-electron chi connectivity index (χ1n) is 5.12. The van der Waals surface area contributed by atoms with Gasteiger partial charge in [-0.2, -0.15) is 0 Å². The van der Waals surface area contributed by atoms with E-state index in [0.29, 0.717) is 0 Å². The van der Waals surface area contributed by atoms with Crippen LogP contribution in [0, 0.1) is 0 Å². The number of hydrogen-bond donors (Lipinski definition) is 0. The summed E-state index contributed by atoms with van der Waals surface area (Å²) >= 11 is 0. The van der Waals surface area contributed by atoms with Gasteiger partial charge in [-0.3, -0.25) is 9.80 Å². The zero-order valence-corrected chi connectivity index (χ0v) is 8.62. The Kier molecular flexibility index (Phi) is 1.92. The molecule has 2 atom stereocenters. The van der Waals surface area contributed by atoms with Gasteiger partial charge in [-0.1, -0.05) is 0 Å². The molecule has 0 N–H and O–H groups in total. The first-order chi connectivity index (χ1) is 5.61. The normalized spacial score (nSPS) is 36.5. The van der Waals surface area contributed by atoms with Crippen LogP contribution in [-0.4, -0.2) is 47.1 Å². The highest BCUT2D eigenvalue weighted by atomic mass is 15.4. The van der Waals surface area contributed by atoms with Crippen LogP contribution in [0.25, 0.3) is 0 Å². The molecular weight excluding hydrogens is 148 g/mol. The van der Waals surface area contributed by atoms with Crippen LogP contribution in [-0.2, 0) is 0 Å². The van der Waals surface area contributed by atoms with Crippen LogP contribution >= 0.6 is 0 Å². The van der Waals surface area contributed by atoms with Gasteiger partial charge in [0.15, 0.2) is 0 Å². The van der Waals surface area contributed by atoms with E-state index in [1.54, 1.807) is 0 Å². The van der Waals surface area contributed by atoms with Gasteiger partial charge in [-0.15, -0.1) is 0 Å². The second-order valence-electron chi connectivity index (χ2n) is 4.72. The van der Waals surface area contributed by atoms with E-state index < -0.39 is 0 Å². The molecule has 0 spiro atoms. The highest BCUT2D eigenvalue weighted by molar-refractivity contribution is 5.09. The molecule has 2 nitrogen and oxygen atoms in total. The lowest BCUT2D eigenvalue weighted by molar-refractivity contribution is -0.149. The smallest absolute Gasteiger partial charge is 0.0394 e. The predicted molar refractivity (Wildman–Crippen MR) is 51.3 cm³/mol. The number of hydrogen-bond acceptors (Lipinski definition) is 2. The molecule has 2 rings (SSSR count). The van der Waals surface area contributed by atoms with Gasteiger partial charge in [-0.25, -0.2) is 0 Å². The Morgan fingerprint density at radius 3 is 1.33 bits per heavy atom. The van der Waals surface area contributed by atoms with Crippen LogP contribution < -0.4 is 0 Å². The third kappa shape index (κ3) is 1.01. The summed E-state index contributed by atoms with van der Waals surface area (Å²) < 4.78 is 0. The maximum absolute atomic E-state index is 2.61. The lowest BCUT2D eigenvalue weighted by Gasteiger charge is -2.64. The monoisotopic (exact) mass is 168 g/mol.